The van der Waals surface area contributed by atoms with Crippen LogP contribution in [-0.2, 0) is 0 Å². The standard InChI is InChI=1S/C8H18O2.C4H11N/c1-3-8(10,4-2)6-5-7-9;1-4(2)5-3/h9-10H,3-7H2,1-2H3;4-5H,1-3H3. The van der Waals surface area contributed by atoms with Gasteiger partial charge in [-0.2, -0.15) is 0 Å². The lowest BCUT2D eigenvalue weighted by Crippen LogP contribution is -2.26. The molecule has 0 fully saturated rings. The summed E-state index contributed by atoms with van der Waals surface area (Å²) in [5, 5.41) is 21.2. The molecule has 0 saturated heterocycles. The van der Waals surface area contributed by atoms with Crippen LogP contribution >= 0.6 is 0 Å². The summed E-state index contributed by atoms with van der Waals surface area (Å²) in [6, 6.07) is 0.634. The summed E-state index contributed by atoms with van der Waals surface area (Å²) < 4.78 is 0. The summed E-state index contributed by atoms with van der Waals surface area (Å²) in [6.45, 7) is 8.35. The van der Waals surface area contributed by atoms with Crippen LogP contribution in [0.4, 0.5) is 0 Å². The van der Waals surface area contributed by atoms with Gasteiger partial charge in [0.1, 0.15) is 0 Å². The molecule has 0 aliphatic carbocycles. The summed E-state index contributed by atoms with van der Waals surface area (Å²) in [6.07, 6.45) is 2.99. The fraction of sp³-hybridized carbons (Fsp3) is 1.00. The molecule has 0 aromatic carbocycles. The maximum Gasteiger partial charge on any atom is 0.0643 e. The van der Waals surface area contributed by atoms with Gasteiger partial charge in [0, 0.05) is 12.6 Å². The first-order valence-electron chi connectivity index (χ1n) is 5.96. The fourth-order valence-electron chi connectivity index (χ4n) is 1.01. The molecule has 0 amide bonds. The summed E-state index contributed by atoms with van der Waals surface area (Å²) in [7, 11) is 1.95. The van der Waals surface area contributed by atoms with Gasteiger partial charge in [-0.3, -0.25) is 0 Å². The molecule has 0 atom stereocenters. The quantitative estimate of drug-likeness (QED) is 0.640. The van der Waals surface area contributed by atoms with Crippen molar-refractivity contribution in [3.05, 3.63) is 0 Å². The molecule has 0 heterocycles. The van der Waals surface area contributed by atoms with Gasteiger partial charge >= 0.3 is 0 Å². The Labute approximate surface area is 94.9 Å². The normalized spacial score (nSPS) is 11.2. The monoisotopic (exact) mass is 219 g/mol. The topological polar surface area (TPSA) is 52.5 Å². The smallest absolute Gasteiger partial charge is 0.0643 e. The molecule has 0 aromatic heterocycles. The highest BCUT2D eigenvalue weighted by Gasteiger charge is 2.20. The minimum absolute atomic E-state index is 0.183. The Morgan fingerprint density at radius 3 is 1.80 bits per heavy atom. The lowest BCUT2D eigenvalue weighted by atomic mass is 9.92. The average Bonchev–Trinajstić information content (AvgIpc) is 2.26. The Balaban J connectivity index is 0. The summed E-state index contributed by atoms with van der Waals surface area (Å²) in [4.78, 5) is 0. The maximum absolute atomic E-state index is 9.65. The molecule has 94 valence electrons. The first kappa shape index (κ1) is 17.3. The van der Waals surface area contributed by atoms with Crippen molar-refractivity contribution in [3.8, 4) is 0 Å². The number of aliphatic hydroxyl groups is 2. The van der Waals surface area contributed by atoms with E-state index < -0.39 is 5.60 Å². The number of rotatable bonds is 6. The SMILES string of the molecule is CCC(O)(CC)CCCO.CNC(C)C. The molecular weight excluding hydrogens is 190 g/mol. The largest absolute Gasteiger partial charge is 0.396 e. The molecule has 0 spiro atoms. The molecule has 3 N–H and O–H groups in total. The molecule has 0 radical (unpaired) electrons. The van der Waals surface area contributed by atoms with Crippen LogP contribution in [0.2, 0.25) is 0 Å². The van der Waals surface area contributed by atoms with Crippen molar-refractivity contribution in [1.29, 1.82) is 0 Å². The van der Waals surface area contributed by atoms with E-state index in [1.54, 1.807) is 0 Å². The number of nitrogens with one attached hydrogen (secondary N) is 1. The van der Waals surface area contributed by atoms with Gasteiger partial charge in [0.25, 0.3) is 0 Å². The van der Waals surface area contributed by atoms with Crippen molar-refractivity contribution in [1.82, 2.24) is 5.32 Å². The molecule has 0 aromatic rings. The van der Waals surface area contributed by atoms with Gasteiger partial charge in [-0.25, -0.2) is 0 Å². The van der Waals surface area contributed by atoms with Crippen molar-refractivity contribution < 1.29 is 10.2 Å². The first-order valence-corrected chi connectivity index (χ1v) is 5.96. The molecule has 15 heavy (non-hydrogen) atoms. The third kappa shape index (κ3) is 11.8. The van der Waals surface area contributed by atoms with Crippen molar-refractivity contribution in [2.75, 3.05) is 13.7 Å². The van der Waals surface area contributed by atoms with Crippen LogP contribution in [0.25, 0.3) is 0 Å². The van der Waals surface area contributed by atoms with Crippen molar-refractivity contribution in [3.63, 3.8) is 0 Å². The highest BCUT2D eigenvalue weighted by molar-refractivity contribution is 4.73. The second-order valence-corrected chi connectivity index (χ2v) is 4.20. The van der Waals surface area contributed by atoms with Gasteiger partial charge in [-0.15, -0.1) is 0 Å². The van der Waals surface area contributed by atoms with Crippen LogP contribution in [0.5, 0.6) is 0 Å². The molecular formula is C12H29NO2. The van der Waals surface area contributed by atoms with Gasteiger partial charge < -0.3 is 15.5 Å². The average molecular weight is 219 g/mol. The van der Waals surface area contributed by atoms with Gasteiger partial charge in [-0.05, 0) is 32.7 Å². The van der Waals surface area contributed by atoms with E-state index in [1.807, 2.05) is 20.9 Å². The van der Waals surface area contributed by atoms with Gasteiger partial charge in [0.15, 0.2) is 0 Å². The van der Waals surface area contributed by atoms with Crippen LogP contribution in [-0.4, -0.2) is 35.5 Å². The molecule has 0 unspecified atom stereocenters. The first-order chi connectivity index (χ1) is 6.95. The van der Waals surface area contributed by atoms with Crippen molar-refractivity contribution >= 4 is 0 Å². The zero-order valence-corrected chi connectivity index (χ0v) is 11.0. The second-order valence-electron chi connectivity index (χ2n) is 4.20. The predicted octanol–water partition coefficient (Wildman–Crippen LogP) is 1.92. The summed E-state index contributed by atoms with van der Waals surface area (Å²) >= 11 is 0. The van der Waals surface area contributed by atoms with E-state index >= 15 is 0 Å². The van der Waals surface area contributed by atoms with E-state index in [1.165, 1.54) is 0 Å². The Morgan fingerprint density at radius 2 is 1.60 bits per heavy atom. The van der Waals surface area contributed by atoms with E-state index in [0.29, 0.717) is 12.5 Å². The van der Waals surface area contributed by atoms with Crippen LogP contribution in [0, 0.1) is 0 Å². The molecule has 0 aliphatic rings. The Kier molecular flexibility index (Phi) is 12.0. The van der Waals surface area contributed by atoms with Crippen molar-refractivity contribution in [2.45, 2.75) is 65.0 Å². The third-order valence-corrected chi connectivity index (χ3v) is 2.69. The van der Waals surface area contributed by atoms with E-state index in [9.17, 15) is 5.11 Å². The van der Waals surface area contributed by atoms with Crippen LogP contribution in [0.1, 0.15) is 53.4 Å². The van der Waals surface area contributed by atoms with E-state index in [0.717, 1.165) is 19.3 Å². The molecule has 0 bridgehead atoms. The van der Waals surface area contributed by atoms with Crippen LogP contribution in [0.15, 0.2) is 0 Å². The van der Waals surface area contributed by atoms with E-state index in [4.69, 9.17) is 5.11 Å². The van der Waals surface area contributed by atoms with E-state index in [-0.39, 0.29) is 6.61 Å². The zero-order valence-electron chi connectivity index (χ0n) is 11.0. The Morgan fingerprint density at radius 1 is 1.20 bits per heavy atom. The predicted molar refractivity (Wildman–Crippen MR) is 66.0 cm³/mol. The lowest BCUT2D eigenvalue weighted by molar-refractivity contribution is 0.0176. The molecule has 0 saturated carbocycles. The van der Waals surface area contributed by atoms with Gasteiger partial charge in [0.05, 0.1) is 5.60 Å². The Hall–Kier alpha value is -0.120. The van der Waals surface area contributed by atoms with Gasteiger partial charge in [-0.1, -0.05) is 27.7 Å². The second kappa shape index (κ2) is 10.4. The molecule has 0 rings (SSSR count). The zero-order chi connectivity index (χ0) is 12.3. The number of aliphatic hydroxyl groups excluding tert-OH is 1. The van der Waals surface area contributed by atoms with Crippen molar-refractivity contribution in [2.24, 2.45) is 0 Å². The summed E-state index contributed by atoms with van der Waals surface area (Å²) in [5.74, 6) is 0. The molecule has 3 heteroatoms. The van der Waals surface area contributed by atoms with Crippen LogP contribution in [0.3, 0.4) is 0 Å². The van der Waals surface area contributed by atoms with E-state index in [2.05, 4.69) is 19.2 Å². The highest BCUT2D eigenvalue weighted by Crippen LogP contribution is 2.20. The molecule has 0 aliphatic heterocycles. The number of hydrogen-bond acceptors (Lipinski definition) is 3. The highest BCUT2D eigenvalue weighted by atomic mass is 16.3. The maximum atomic E-state index is 9.65. The lowest BCUT2D eigenvalue weighted by Gasteiger charge is -2.24. The third-order valence-electron chi connectivity index (χ3n) is 2.69. The Bertz CT molecular complexity index is 123. The van der Waals surface area contributed by atoms with Gasteiger partial charge in [0.2, 0.25) is 0 Å². The minimum Gasteiger partial charge on any atom is -0.396 e. The summed E-state index contributed by atoms with van der Waals surface area (Å²) in [5.41, 5.74) is -0.525. The van der Waals surface area contributed by atoms with Crippen LogP contribution < -0.4 is 5.32 Å². The minimum atomic E-state index is -0.525. The number of hydrogen-bond donors (Lipinski definition) is 3. The molecule has 3 nitrogen and oxygen atoms in total. The fourth-order valence-corrected chi connectivity index (χ4v) is 1.01.